The Morgan fingerprint density at radius 3 is 2.76 bits per heavy atom. The van der Waals surface area contributed by atoms with Crippen LogP contribution in [0.4, 0.5) is 0 Å². The fourth-order valence-electron chi connectivity index (χ4n) is 1.43. The number of ether oxygens (including phenoxy) is 1. The van der Waals surface area contributed by atoms with Crippen LogP contribution in [0.3, 0.4) is 0 Å². The summed E-state index contributed by atoms with van der Waals surface area (Å²) in [7, 11) is 0. The highest BCUT2D eigenvalue weighted by Crippen LogP contribution is 2.24. The van der Waals surface area contributed by atoms with Crippen LogP contribution < -0.4 is 0 Å². The van der Waals surface area contributed by atoms with E-state index in [1.807, 2.05) is 30.0 Å². The number of carbonyl (C=O) groups is 1. The number of thioether (sulfide) groups is 2. The van der Waals surface area contributed by atoms with Gasteiger partial charge in [-0.3, -0.25) is 4.79 Å². The summed E-state index contributed by atoms with van der Waals surface area (Å²) in [5.74, 6) is 3.62. The Morgan fingerprint density at radius 2 is 2.12 bits per heavy atom. The lowest BCUT2D eigenvalue weighted by atomic mass is 10.2. The second-order valence-electron chi connectivity index (χ2n) is 4.00. The van der Waals surface area contributed by atoms with Gasteiger partial charge in [0.2, 0.25) is 0 Å². The average Bonchev–Trinajstić information content (AvgIpc) is 2.28. The van der Waals surface area contributed by atoms with Crippen molar-refractivity contribution in [3.63, 3.8) is 0 Å². The minimum absolute atomic E-state index is 0.0645. The zero-order valence-corrected chi connectivity index (χ0v) is 11.3. The monoisotopic (exact) mass is 268 g/mol. The van der Waals surface area contributed by atoms with Crippen LogP contribution in [0.5, 0.6) is 0 Å². The average molecular weight is 268 g/mol. The number of carbonyl (C=O) groups excluding carboxylic acids is 1. The van der Waals surface area contributed by atoms with Gasteiger partial charge in [0.15, 0.2) is 0 Å². The standard InChI is InChI=1S/C13H16O2S2/c14-13(15-8-11-9-16-10-11)6-7-17-12-4-2-1-3-5-12/h1-5,11H,6-10H2. The second kappa shape index (κ2) is 6.97. The molecule has 1 heterocycles. The van der Waals surface area contributed by atoms with Crippen molar-refractivity contribution < 1.29 is 9.53 Å². The van der Waals surface area contributed by atoms with Crippen LogP contribution in [0, 0.1) is 5.92 Å². The van der Waals surface area contributed by atoms with E-state index in [4.69, 9.17) is 4.74 Å². The molecule has 0 saturated carbocycles. The highest BCUT2D eigenvalue weighted by Gasteiger charge is 2.19. The van der Waals surface area contributed by atoms with E-state index in [0.717, 1.165) is 17.3 Å². The van der Waals surface area contributed by atoms with Gasteiger partial charge in [-0.1, -0.05) is 18.2 Å². The fourth-order valence-corrected chi connectivity index (χ4v) is 3.05. The molecular formula is C13H16O2S2. The van der Waals surface area contributed by atoms with Gasteiger partial charge in [-0.2, -0.15) is 11.8 Å². The van der Waals surface area contributed by atoms with E-state index in [9.17, 15) is 4.79 Å². The van der Waals surface area contributed by atoms with E-state index in [1.165, 1.54) is 4.90 Å². The molecule has 0 unspecified atom stereocenters. The minimum atomic E-state index is -0.0645. The molecule has 1 aromatic carbocycles. The molecule has 0 bridgehead atoms. The first-order chi connectivity index (χ1) is 8.34. The second-order valence-corrected chi connectivity index (χ2v) is 6.24. The summed E-state index contributed by atoms with van der Waals surface area (Å²) in [6.45, 7) is 0.613. The maximum Gasteiger partial charge on any atom is 0.306 e. The molecule has 0 radical (unpaired) electrons. The van der Waals surface area contributed by atoms with Crippen molar-refractivity contribution in [2.75, 3.05) is 23.9 Å². The Kier molecular flexibility index (Phi) is 5.26. The smallest absolute Gasteiger partial charge is 0.306 e. The quantitative estimate of drug-likeness (QED) is 0.585. The van der Waals surface area contributed by atoms with Gasteiger partial charge >= 0.3 is 5.97 Å². The molecule has 1 saturated heterocycles. The summed E-state index contributed by atoms with van der Waals surface area (Å²) < 4.78 is 5.22. The maximum atomic E-state index is 11.4. The third-order valence-electron chi connectivity index (χ3n) is 2.51. The third kappa shape index (κ3) is 4.64. The zero-order chi connectivity index (χ0) is 11.9. The largest absolute Gasteiger partial charge is 0.465 e. The number of hydrogen-bond donors (Lipinski definition) is 0. The van der Waals surface area contributed by atoms with Crippen molar-refractivity contribution >= 4 is 29.5 Å². The first-order valence-corrected chi connectivity index (χ1v) is 7.90. The van der Waals surface area contributed by atoms with E-state index < -0.39 is 0 Å². The molecular weight excluding hydrogens is 252 g/mol. The molecule has 1 aliphatic heterocycles. The molecule has 0 spiro atoms. The summed E-state index contributed by atoms with van der Waals surface area (Å²) >= 11 is 3.61. The summed E-state index contributed by atoms with van der Waals surface area (Å²) in [6.07, 6.45) is 0.499. The van der Waals surface area contributed by atoms with Gasteiger partial charge < -0.3 is 4.74 Å². The number of benzene rings is 1. The SMILES string of the molecule is O=C(CCSc1ccccc1)OCC1CSC1. The van der Waals surface area contributed by atoms with Crippen LogP contribution in [0.1, 0.15) is 6.42 Å². The van der Waals surface area contributed by atoms with E-state index >= 15 is 0 Å². The predicted octanol–water partition coefficient (Wildman–Crippen LogP) is 3.08. The number of esters is 1. The Morgan fingerprint density at radius 1 is 1.35 bits per heavy atom. The molecule has 1 fully saturated rings. The molecule has 92 valence electrons. The lowest BCUT2D eigenvalue weighted by Gasteiger charge is -2.23. The predicted molar refractivity (Wildman–Crippen MR) is 73.6 cm³/mol. The molecule has 1 aliphatic rings. The van der Waals surface area contributed by atoms with Crippen molar-refractivity contribution in [1.82, 2.24) is 0 Å². The van der Waals surface area contributed by atoms with E-state index in [1.54, 1.807) is 11.8 Å². The summed E-state index contributed by atoms with van der Waals surface area (Å²) in [6, 6.07) is 10.1. The van der Waals surface area contributed by atoms with Gasteiger partial charge in [0, 0.05) is 28.1 Å². The van der Waals surface area contributed by atoms with Crippen molar-refractivity contribution in [3.8, 4) is 0 Å². The Labute approximate surface area is 111 Å². The van der Waals surface area contributed by atoms with Crippen LogP contribution in [-0.2, 0) is 9.53 Å². The molecule has 0 amide bonds. The summed E-state index contributed by atoms with van der Waals surface area (Å²) in [5, 5.41) is 0. The van der Waals surface area contributed by atoms with Crippen molar-refractivity contribution in [1.29, 1.82) is 0 Å². The third-order valence-corrected chi connectivity index (χ3v) is 4.93. The van der Waals surface area contributed by atoms with Gasteiger partial charge in [0.1, 0.15) is 0 Å². The van der Waals surface area contributed by atoms with Crippen molar-refractivity contribution in [3.05, 3.63) is 30.3 Å². The van der Waals surface area contributed by atoms with E-state index in [0.29, 0.717) is 18.9 Å². The molecule has 2 rings (SSSR count). The molecule has 1 aromatic rings. The van der Waals surface area contributed by atoms with Crippen molar-refractivity contribution in [2.45, 2.75) is 11.3 Å². The summed E-state index contributed by atoms with van der Waals surface area (Å²) in [5.41, 5.74) is 0. The van der Waals surface area contributed by atoms with Gasteiger partial charge in [0.25, 0.3) is 0 Å². The minimum Gasteiger partial charge on any atom is -0.465 e. The lowest BCUT2D eigenvalue weighted by Crippen LogP contribution is -2.25. The highest BCUT2D eigenvalue weighted by molar-refractivity contribution is 8.00. The van der Waals surface area contributed by atoms with Crippen LogP contribution in [-0.4, -0.2) is 29.8 Å². The number of hydrogen-bond acceptors (Lipinski definition) is 4. The first kappa shape index (κ1) is 12.8. The molecule has 0 atom stereocenters. The van der Waals surface area contributed by atoms with Crippen LogP contribution in [0.25, 0.3) is 0 Å². The maximum absolute atomic E-state index is 11.4. The molecule has 0 aliphatic carbocycles. The molecule has 4 heteroatoms. The molecule has 2 nitrogen and oxygen atoms in total. The van der Waals surface area contributed by atoms with Gasteiger partial charge in [-0.15, -0.1) is 11.8 Å². The number of rotatable bonds is 6. The van der Waals surface area contributed by atoms with Crippen LogP contribution in [0.2, 0.25) is 0 Å². The van der Waals surface area contributed by atoms with E-state index in [-0.39, 0.29) is 5.97 Å². The van der Waals surface area contributed by atoms with Gasteiger partial charge in [-0.25, -0.2) is 0 Å². The van der Waals surface area contributed by atoms with Gasteiger partial charge in [-0.05, 0) is 12.1 Å². The van der Waals surface area contributed by atoms with Crippen LogP contribution >= 0.6 is 23.5 Å². The Hall–Kier alpha value is -0.610. The summed E-state index contributed by atoms with van der Waals surface area (Å²) in [4.78, 5) is 12.6. The topological polar surface area (TPSA) is 26.3 Å². The van der Waals surface area contributed by atoms with E-state index in [2.05, 4.69) is 12.1 Å². The molecule has 17 heavy (non-hydrogen) atoms. The van der Waals surface area contributed by atoms with Crippen LogP contribution in [0.15, 0.2) is 35.2 Å². The van der Waals surface area contributed by atoms with Crippen molar-refractivity contribution in [2.24, 2.45) is 5.92 Å². The normalized spacial score (nSPS) is 15.3. The zero-order valence-electron chi connectivity index (χ0n) is 9.63. The Balaban J connectivity index is 1.56. The lowest BCUT2D eigenvalue weighted by molar-refractivity contribution is -0.144. The highest BCUT2D eigenvalue weighted by atomic mass is 32.2. The Bertz CT molecular complexity index is 350. The molecule has 0 aromatic heterocycles. The van der Waals surface area contributed by atoms with Gasteiger partial charge in [0.05, 0.1) is 13.0 Å². The fraction of sp³-hybridized carbons (Fsp3) is 0.462. The molecule has 0 N–H and O–H groups in total. The first-order valence-electron chi connectivity index (χ1n) is 5.76.